The summed E-state index contributed by atoms with van der Waals surface area (Å²) in [5.41, 5.74) is 0.775. The number of anilines is 1. The molecule has 0 unspecified atom stereocenters. The predicted molar refractivity (Wildman–Crippen MR) is 51.2 cm³/mol. The Kier molecular flexibility index (Phi) is 2.10. The number of benzene rings is 1. The smallest absolute Gasteiger partial charge is 0.323 e. The molecule has 0 aromatic heterocycles. The van der Waals surface area contributed by atoms with Crippen LogP contribution in [-0.2, 0) is 4.79 Å². The number of nitrogens with zero attached hydrogens (tertiary/aromatic N) is 1. The number of carboxylic acid groups (broad SMARTS) is 1. The fourth-order valence-electron chi connectivity index (χ4n) is 1.34. The molecule has 1 aliphatic heterocycles. The third-order valence-corrected chi connectivity index (χ3v) is 1.92. The first-order valence-corrected chi connectivity index (χ1v) is 4.18. The molecule has 4 heteroatoms. The first-order valence-electron chi connectivity index (χ1n) is 4.18. The molecule has 72 valence electrons. The lowest BCUT2D eigenvalue weighted by molar-refractivity contribution is -0.135. The number of para-hydroxylation sites is 2. The van der Waals surface area contributed by atoms with Crippen molar-refractivity contribution in [3.8, 4) is 5.75 Å². The van der Waals surface area contributed by atoms with E-state index in [-0.39, 0.29) is 6.54 Å². The van der Waals surface area contributed by atoms with Gasteiger partial charge >= 0.3 is 5.97 Å². The second kappa shape index (κ2) is 3.41. The van der Waals surface area contributed by atoms with Gasteiger partial charge in [-0.25, -0.2) is 0 Å². The van der Waals surface area contributed by atoms with E-state index >= 15 is 0 Å². The van der Waals surface area contributed by atoms with E-state index in [1.807, 2.05) is 18.2 Å². The first kappa shape index (κ1) is 8.62. The van der Waals surface area contributed by atoms with Gasteiger partial charge in [0.25, 0.3) is 0 Å². The van der Waals surface area contributed by atoms with E-state index in [9.17, 15) is 4.79 Å². The third-order valence-electron chi connectivity index (χ3n) is 1.92. The Labute approximate surface area is 81.0 Å². The van der Waals surface area contributed by atoms with Gasteiger partial charge in [-0.3, -0.25) is 4.79 Å². The van der Waals surface area contributed by atoms with Gasteiger partial charge in [0.1, 0.15) is 18.6 Å². The molecule has 0 saturated carbocycles. The van der Waals surface area contributed by atoms with Crippen molar-refractivity contribution in [1.29, 1.82) is 0 Å². The zero-order chi connectivity index (χ0) is 9.97. The molecular weight excluding hydrogens is 182 g/mol. The SMILES string of the molecule is O=C(O)CN1C=COc2ccccc21. The molecule has 0 amide bonds. The summed E-state index contributed by atoms with van der Waals surface area (Å²) in [6, 6.07) is 7.31. The van der Waals surface area contributed by atoms with Gasteiger partial charge in [0.2, 0.25) is 0 Å². The van der Waals surface area contributed by atoms with E-state index < -0.39 is 5.97 Å². The minimum Gasteiger partial charge on any atom is -0.480 e. The molecule has 14 heavy (non-hydrogen) atoms. The summed E-state index contributed by atoms with van der Waals surface area (Å²) < 4.78 is 5.22. The van der Waals surface area contributed by atoms with Crippen LogP contribution in [0.2, 0.25) is 0 Å². The molecule has 0 spiro atoms. The fraction of sp³-hybridized carbons (Fsp3) is 0.100. The highest BCUT2D eigenvalue weighted by Gasteiger charge is 2.15. The van der Waals surface area contributed by atoms with Crippen LogP contribution in [-0.4, -0.2) is 17.6 Å². The highest BCUT2D eigenvalue weighted by atomic mass is 16.5. The van der Waals surface area contributed by atoms with Crippen LogP contribution < -0.4 is 9.64 Å². The molecule has 0 saturated heterocycles. The van der Waals surface area contributed by atoms with Crippen molar-refractivity contribution in [2.45, 2.75) is 0 Å². The Morgan fingerprint density at radius 1 is 1.43 bits per heavy atom. The zero-order valence-corrected chi connectivity index (χ0v) is 7.38. The van der Waals surface area contributed by atoms with Crippen molar-refractivity contribution < 1.29 is 14.6 Å². The van der Waals surface area contributed by atoms with Crippen molar-refractivity contribution in [2.24, 2.45) is 0 Å². The van der Waals surface area contributed by atoms with Gasteiger partial charge < -0.3 is 14.7 Å². The monoisotopic (exact) mass is 191 g/mol. The molecule has 2 rings (SSSR count). The predicted octanol–water partition coefficient (Wildman–Crippen LogP) is 1.44. The molecular formula is C10H9NO3. The molecule has 1 aliphatic rings. The largest absolute Gasteiger partial charge is 0.480 e. The van der Waals surface area contributed by atoms with Gasteiger partial charge in [-0.1, -0.05) is 12.1 Å². The molecule has 0 aliphatic carbocycles. The number of hydrogen-bond donors (Lipinski definition) is 1. The van der Waals surface area contributed by atoms with Crippen molar-refractivity contribution >= 4 is 11.7 Å². The van der Waals surface area contributed by atoms with Gasteiger partial charge in [-0.15, -0.1) is 0 Å². The summed E-state index contributed by atoms with van der Waals surface area (Å²) in [5.74, 6) is -0.192. The number of ether oxygens (including phenoxy) is 1. The zero-order valence-electron chi connectivity index (χ0n) is 7.38. The van der Waals surface area contributed by atoms with E-state index in [2.05, 4.69) is 0 Å². The summed E-state index contributed by atoms with van der Waals surface area (Å²) >= 11 is 0. The second-order valence-corrected chi connectivity index (χ2v) is 2.89. The van der Waals surface area contributed by atoms with Crippen molar-refractivity contribution in [1.82, 2.24) is 0 Å². The van der Waals surface area contributed by atoms with Crippen molar-refractivity contribution in [3.05, 3.63) is 36.7 Å². The van der Waals surface area contributed by atoms with Crippen LogP contribution in [0, 0.1) is 0 Å². The molecule has 1 N–H and O–H groups in total. The maximum absolute atomic E-state index is 10.6. The van der Waals surface area contributed by atoms with Crippen LogP contribution in [0.4, 0.5) is 5.69 Å². The Morgan fingerprint density at radius 2 is 2.21 bits per heavy atom. The highest BCUT2D eigenvalue weighted by molar-refractivity contribution is 5.76. The average Bonchev–Trinajstić information content (AvgIpc) is 2.18. The van der Waals surface area contributed by atoms with Gasteiger partial charge in [-0.05, 0) is 12.1 Å². The van der Waals surface area contributed by atoms with E-state index in [0.29, 0.717) is 5.75 Å². The molecule has 1 heterocycles. The molecule has 1 aromatic carbocycles. The van der Waals surface area contributed by atoms with Gasteiger partial charge in [0, 0.05) is 6.20 Å². The lowest BCUT2D eigenvalue weighted by atomic mass is 10.2. The summed E-state index contributed by atoms with van der Waals surface area (Å²) in [7, 11) is 0. The Hall–Kier alpha value is -1.97. The minimum atomic E-state index is -0.869. The second-order valence-electron chi connectivity index (χ2n) is 2.89. The molecule has 0 fully saturated rings. The summed E-state index contributed by atoms with van der Waals surface area (Å²) in [4.78, 5) is 12.2. The lowest BCUT2D eigenvalue weighted by Gasteiger charge is -2.23. The van der Waals surface area contributed by atoms with Crippen LogP contribution in [0.1, 0.15) is 0 Å². The van der Waals surface area contributed by atoms with E-state index in [1.165, 1.54) is 6.26 Å². The highest BCUT2D eigenvalue weighted by Crippen LogP contribution is 2.30. The minimum absolute atomic E-state index is 0.0587. The maximum Gasteiger partial charge on any atom is 0.323 e. The van der Waals surface area contributed by atoms with Gasteiger partial charge in [0.15, 0.2) is 0 Å². The molecule has 0 bridgehead atoms. The number of carbonyl (C=O) groups is 1. The van der Waals surface area contributed by atoms with Crippen LogP contribution in [0.15, 0.2) is 36.7 Å². The van der Waals surface area contributed by atoms with E-state index in [1.54, 1.807) is 17.2 Å². The van der Waals surface area contributed by atoms with E-state index in [0.717, 1.165) is 5.69 Å². The average molecular weight is 191 g/mol. The van der Waals surface area contributed by atoms with Crippen LogP contribution in [0.5, 0.6) is 5.75 Å². The van der Waals surface area contributed by atoms with Crippen molar-refractivity contribution in [2.75, 3.05) is 11.4 Å². The van der Waals surface area contributed by atoms with Crippen LogP contribution in [0.3, 0.4) is 0 Å². The quantitative estimate of drug-likeness (QED) is 0.768. The summed E-state index contributed by atoms with van der Waals surface area (Å²) in [5, 5.41) is 8.67. The number of fused-ring (bicyclic) bond motifs is 1. The molecule has 4 nitrogen and oxygen atoms in total. The molecule has 0 radical (unpaired) electrons. The van der Waals surface area contributed by atoms with Crippen molar-refractivity contribution in [3.63, 3.8) is 0 Å². The summed E-state index contributed by atoms with van der Waals surface area (Å²) in [6.45, 7) is -0.0587. The molecule has 0 atom stereocenters. The Morgan fingerprint density at radius 3 is 3.00 bits per heavy atom. The fourth-order valence-corrected chi connectivity index (χ4v) is 1.34. The first-order chi connectivity index (χ1) is 6.77. The van der Waals surface area contributed by atoms with E-state index in [4.69, 9.17) is 9.84 Å². The standard InChI is InChI=1S/C10H9NO3/c12-10(13)7-11-5-6-14-9-4-2-1-3-8(9)11/h1-6H,7H2,(H,12,13). The number of carboxylic acids is 1. The van der Waals surface area contributed by atoms with Crippen LogP contribution >= 0.6 is 0 Å². The maximum atomic E-state index is 10.6. The Bertz CT molecular complexity index is 387. The number of hydrogen-bond acceptors (Lipinski definition) is 3. The van der Waals surface area contributed by atoms with Gasteiger partial charge in [0.05, 0.1) is 5.69 Å². The normalized spacial score (nSPS) is 13.3. The number of aliphatic carboxylic acids is 1. The van der Waals surface area contributed by atoms with Gasteiger partial charge in [-0.2, -0.15) is 0 Å². The third kappa shape index (κ3) is 1.54. The molecule has 1 aromatic rings. The topological polar surface area (TPSA) is 49.8 Å². The Balaban J connectivity index is 2.31. The lowest BCUT2D eigenvalue weighted by Crippen LogP contribution is -2.26. The summed E-state index contributed by atoms with van der Waals surface area (Å²) in [6.07, 6.45) is 3.09. The number of rotatable bonds is 2. The van der Waals surface area contributed by atoms with Crippen LogP contribution in [0.25, 0.3) is 0 Å².